The molecule has 0 fully saturated rings. The highest BCUT2D eigenvalue weighted by molar-refractivity contribution is 6.34. The zero-order valence-corrected chi connectivity index (χ0v) is 8.49. The van der Waals surface area contributed by atoms with Crippen molar-refractivity contribution in [1.29, 1.82) is 0 Å². The molecule has 0 saturated carbocycles. The van der Waals surface area contributed by atoms with Gasteiger partial charge in [0.05, 0.1) is 5.57 Å². The summed E-state index contributed by atoms with van der Waals surface area (Å²) < 4.78 is 0. The van der Waals surface area contributed by atoms with Crippen LogP contribution in [0.3, 0.4) is 0 Å². The van der Waals surface area contributed by atoms with Crippen molar-refractivity contribution in [3.8, 4) is 12.3 Å². The molecule has 0 aliphatic heterocycles. The first-order valence-electron chi connectivity index (χ1n) is 4.77. The van der Waals surface area contributed by atoms with Gasteiger partial charge in [0.25, 0.3) is 5.91 Å². The normalized spacial score (nSPS) is 13.6. The van der Waals surface area contributed by atoms with Gasteiger partial charge in [0.1, 0.15) is 0 Å². The smallest absolute Gasteiger partial charge is 0.253 e. The van der Waals surface area contributed by atoms with Crippen molar-refractivity contribution in [2.45, 2.75) is 6.42 Å². The van der Waals surface area contributed by atoms with Crippen LogP contribution in [-0.4, -0.2) is 11.7 Å². The van der Waals surface area contributed by atoms with E-state index < -0.39 is 5.91 Å². The Bertz CT molecular complexity index is 562. The van der Waals surface area contributed by atoms with Crippen molar-refractivity contribution in [2.75, 3.05) is 0 Å². The SMILES string of the molecule is C#CCC1=C(C(N)=O)C(=O)c2ccccc21. The molecule has 3 nitrogen and oxygen atoms in total. The van der Waals surface area contributed by atoms with Gasteiger partial charge in [-0.25, -0.2) is 0 Å². The second-order valence-corrected chi connectivity index (χ2v) is 3.47. The molecule has 0 spiro atoms. The van der Waals surface area contributed by atoms with Crippen molar-refractivity contribution in [3.63, 3.8) is 0 Å². The number of ketones is 1. The molecular weight excluding hydrogens is 202 g/mol. The van der Waals surface area contributed by atoms with Crippen LogP contribution in [0, 0.1) is 12.3 Å². The van der Waals surface area contributed by atoms with Gasteiger partial charge >= 0.3 is 0 Å². The average molecular weight is 211 g/mol. The van der Waals surface area contributed by atoms with E-state index in [9.17, 15) is 9.59 Å². The van der Waals surface area contributed by atoms with E-state index in [2.05, 4.69) is 5.92 Å². The Hall–Kier alpha value is -2.34. The van der Waals surface area contributed by atoms with Gasteiger partial charge in [-0.15, -0.1) is 12.3 Å². The molecule has 1 aromatic carbocycles. The number of nitrogens with two attached hydrogens (primary N) is 1. The van der Waals surface area contributed by atoms with Gasteiger partial charge in [-0.3, -0.25) is 9.59 Å². The Labute approximate surface area is 93.0 Å². The number of primary amides is 1. The summed E-state index contributed by atoms with van der Waals surface area (Å²) in [6, 6.07) is 6.99. The van der Waals surface area contributed by atoms with Crippen LogP contribution < -0.4 is 5.73 Å². The summed E-state index contributed by atoms with van der Waals surface area (Å²) >= 11 is 0. The zero-order valence-electron chi connectivity index (χ0n) is 8.49. The lowest BCUT2D eigenvalue weighted by Gasteiger charge is -2.00. The van der Waals surface area contributed by atoms with Crippen LogP contribution in [0.25, 0.3) is 5.57 Å². The van der Waals surface area contributed by atoms with E-state index in [1.165, 1.54) is 0 Å². The quantitative estimate of drug-likeness (QED) is 0.589. The van der Waals surface area contributed by atoms with Crippen molar-refractivity contribution in [1.82, 2.24) is 0 Å². The Morgan fingerprint density at radius 1 is 1.31 bits per heavy atom. The largest absolute Gasteiger partial charge is 0.365 e. The molecule has 78 valence electrons. The van der Waals surface area contributed by atoms with Crippen LogP contribution in [0.5, 0.6) is 0 Å². The molecule has 16 heavy (non-hydrogen) atoms. The lowest BCUT2D eigenvalue weighted by Crippen LogP contribution is -2.19. The van der Waals surface area contributed by atoms with Crippen molar-refractivity contribution in [2.24, 2.45) is 5.73 Å². The second-order valence-electron chi connectivity index (χ2n) is 3.47. The van der Waals surface area contributed by atoms with Crippen molar-refractivity contribution in [3.05, 3.63) is 41.0 Å². The number of hydrogen-bond donors (Lipinski definition) is 1. The third-order valence-electron chi connectivity index (χ3n) is 2.55. The van der Waals surface area contributed by atoms with Crippen LogP contribution in [0.15, 0.2) is 29.8 Å². The third kappa shape index (κ3) is 1.32. The molecule has 1 aliphatic carbocycles. The minimum atomic E-state index is -0.716. The molecule has 1 aliphatic rings. The minimum absolute atomic E-state index is 0.0270. The Balaban J connectivity index is 2.68. The van der Waals surface area contributed by atoms with E-state index in [1.54, 1.807) is 24.3 Å². The summed E-state index contributed by atoms with van der Waals surface area (Å²) in [5.74, 6) is 1.40. The van der Waals surface area contributed by atoms with E-state index in [4.69, 9.17) is 12.2 Å². The Morgan fingerprint density at radius 3 is 2.50 bits per heavy atom. The molecule has 0 unspecified atom stereocenters. The van der Waals surface area contributed by atoms with Crippen LogP contribution in [0.2, 0.25) is 0 Å². The number of Topliss-reactive ketones (excluding diaryl/α,β-unsaturated/α-hetero) is 1. The molecule has 2 N–H and O–H groups in total. The second kappa shape index (κ2) is 3.67. The fourth-order valence-corrected chi connectivity index (χ4v) is 1.90. The van der Waals surface area contributed by atoms with Gasteiger partial charge in [0.15, 0.2) is 5.78 Å². The molecule has 1 amide bonds. The lowest BCUT2D eigenvalue weighted by atomic mass is 10.0. The average Bonchev–Trinajstić information content (AvgIpc) is 2.54. The lowest BCUT2D eigenvalue weighted by molar-refractivity contribution is -0.114. The maximum atomic E-state index is 11.9. The van der Waals surface area contributed by atoms with Gasteiger partial charge in [-0.1, -0.05) is 24.3 Å². The molecule has 0 bridgehead atoms. The number of rotatable bonds is 2. The number of amides is 1. The number of terminal acetylenes is 1. The van der Waals surface area contributed by atoms with E-state index in [-0.39, 0.29) is 17.8 Å². The maximum absolute atomic E-state index is 11.9. The fraction of sp³-hybridized carbons (Fsp3) is 0.0769. The van der Waals surface area contributed by atoms with Gasteiger partial charge in [0.2, 0.25) is 0 Å². The summed E-state index contributed by atoms with van der Waals surface area (Å²) in [4.78, 5) is 23.1. The van der Waals surface area contributed by atoms with Crippen LogP contribution in [-0.2, 0) is 4.79 Å². The molecule has 1 aromatic rings. The summed E-state index contributed by atoms with van der Waals surface area (Å²) in [6.45, 7) is 0. The topological polar surface area (TPSA) is 60.2 Å². The summed E-state index contributed by atoms with van der Waals surface area (Å²) in [5, 5.41) is 0. The molecule has 0 radical (unpaired) electrons. The number of carbonyl (C=O) groups excluding carboxylic acids is 2. The molecule has 0 aromatic heterocycles. The number of hydrogen-bond acceptors (Lipinski definition) is 2. The van der Waals surface area contributed by atoms with Gasteiger partial charge in [-0.2, -0.15) is 0 Å². The number of allylic oxidation sites excluding steroid dienone is 1. The molecule has 0 saturated heterocycles. The molecule has 3 heteroatoms. The van der Waals surface area contributed by atoms with Gasteiger partial charge in [-0.05, 0) is 11.1 Å². The predicted molar refractivity (Wildman–Crippen MR) is 60.3 cm³/mol. The van der Waals surface area contributed by atoms with Crippen LogP contribution in [0.1, 0.15) is 22.3 Å². The molecular formula is C13H9NO2. The fourth-order valence-electron chi connectivity index (χ4n) is 1.90. The first-order valence-corrected chi connectivity index (χ1v) is 4.77. The van der Waals surface area contributed by atoms with E-state index in [0.29, 0.717) is 11.1 Å². The standard InChI is InChI=1S/C13H9NO2/c1-2-5-9-8-6-3-4-7-10(8)12(15)11(9)13(14)16/h1,3-4,6-7H,5H2,(H2,14,16). The highest BCUT2D eigenvalue weighted by Crippen LogP contribution is 2.34. The Morgan fingerprint density at radius 2 is 1.94 bits per heavy atom. The molecule has 0 heterocycles. The highest BCUT2D eigenvalue weighted by atomic mass is 16.2. The molecule has 2 rings (SSSR count). The van der Waals surface area contributed by atoms with Crippen LogP contribution >= 0.6 is 0 Å². The molecule has 0 atom stereocenters. The zero-order chi connectivity index (χ0) is 11.7. The monoisotopic (exact) mass is 211 g/mol. The van der Waals surface area contributed by atoms with E-state index in [1.807, 2.05) is 0 Å². The number of fused-ring (bicyclic) bond motifs is 1. The summed E-state index contributed by atoms with van der Waals surface area (Å²) in [7, 11) is 0. The first-order chi connectivity index (χ1) is 7.66. The van der Waals surface area contributed by atoms with Gasteiger partial charge in [0, 0.05) is 12.0 Å². The van der Waals surface area contributed by atoms with Crippen molar-refractivity contribution < 1.29 is 9.59 Å². The highest BCUT2D eigenvalue weighted by Gasteiger charge is 2.31. The number of carbonyl (C=O) groups is 2. The minimum Gasteiger partial charge on any atom is -0.365 e. The maximum Gasteiger partial charge on any atom is 0.253 e. The first kappa shape index (κ1) is 10.2. The summed E-state index contributed by atoms with van der Waals surface area (Å²) in [6.07, 6.45) is 5.46. The Kier molecular flexibility index (Phi) is 2.34. The van der Waals surface area contributed by atoms with E-state index >= 15 is 0 Å². The third-order valence-corrected chi connectivity index (χ3v) is 2.55. The van der Waals surface area contributed by atoms with Crippen molar-refractivity contribution >= 4 is 17.3 Å². The predicted octanol–water partition coefficient (Wildman–Crippen LogP) is 1.15. The van der Waals surface area contributed by atoms with Crippen LogP contribution in [0.4, 0.5) is 0 Å². The summed E-state index contributed by atoms with van der Waals surface area (Å²) in [5.41, 5.74) is 7.02. The van der Waals surface area contributed by atoms with E-state index in [0.717, 1.165) is 5.56 Å². The van der Waals surface area contributed by atoms with Gasteiger partial charge < -0.3 is 5.73 Å². The number of benzene rings is 1.